The minimum Gasteiger partial charge on any atom is -0.374 e. The second-order valence-electron chi connectivity index (χ2n) is 6.26. The third-order valence-electron chi connectivity index (χ3n) is 3.84. The van der Waals surface area contributed by atoms with Gasteiger partial charge in [0.1, 0.15) is 0 Å². The number of rotatable bonds is 6. The Morgan fingerprint density at radius 1 is 1.30 bits per heavy atom. The largest absolute Gasteiger partial charge is 0.374 e. The third-order valence-corrected chi connectivity index (χ3v) is 3.84. The number of ether oxygens (including phenoxy) is 1. The van der Waals surface area contributed by atoms with E-state index in [2.05, 4.69) is 61.4 Å². The molecule has 1 aliphatic heterocycles. The predicted molar refractivity (Wildman–Crippen MR) is 83.9 cm³/mol. The maximum atomic E-state index is 5.84. The first-order valence-electron chi connectivity index (χ1n) is 7.73. The highest BCUT2D eigenvalue weighted by atomic mass is 16.5. The van der Waals surface area contributed by atoms with Gasteiger partial charge in [0.25, 0.3) is 0 Å². The summed E-state index contributed by atoms with van der Waals surface area (Å²) in [5.41, 5.74) is 1.38. The lowest BCUT2D eigenvalue weighted by molar-refractivity contribution is -0.0195. The first kappa shape index (κ1) is 15.5. The molecule has 2 atom stereocenters. The normalized spacial score (nSPS) is 22.1. The van der Waals surface area contributed by atoms with Gasteiger partial charge < -0.3 is 15.0 Å². The number of nitrogens with zero attached hydrogens (tertiary/aromatic N) is 1. The van der Waals surface area contributed by atoms with Crippen LogP contribution in [0.4, 0.5) is 0 Å². The Hall–Kier alpha value is -0.900. The molecule has 1 fully saturated rings. The molecular weight excluding hydrogens is 248 g/mol. The van der Waals surface area contributed by atoms with E-state index in [1.54, 1.807) is 0 Å². The van der Waals surface area contributed by atoms with Crippen LogP contribution in [0.3, 0.4) is 0 Å². The standard InChI is InChI=1S/C17H28N2O/c1-14(2)11-17(15-7-5-4-6-8-15)18-12-16-13-19(3)9-10-20-16/h4-8,14,16-18H,9-13H2,1-3H3. The van der Waals surface area contributed by atoms with Gasteiger partial charge in [0.2, 0.25) is 0 Å². The summed E-state index contributed by atoms with van der Waals surface area (Å²) in [5, 5.41) is 3.71. The second kappa shape index (κ2) is 7.77. The molecule has 112 valence electrons. The molecule has 1 N–H and O–H groups in total. The lowest BCUT2D eigenvalue weighted by Gasteiger charge is -2.32. The van der Waals surface area contributed by atoms with Gasteiger partial charge in [0, 0.05) is 25.7 Å². The van der Waals surface area contributed by atoms with E-state index in [0.29, 0.717) is 18.1 Å². The fraction of sp³-hybridized carbons (Fsp3) is 0.647. The molecule has 2 rings (SSSR count). The van der Waals surface area contributed by atoms with E-state index < -0.39 is 0 Å². The van der Waals surface area contributed by atoms with Crippen LogP contribution in [0.15, 0.2) is 30.3 Å². The van der Waals surface area contributed by atoms with Crippen LogP contribution in [0.5, 0.6) is 0 Å². The molecule has 0 bridgehead atoms. The molecular formula is C17H28N2O. The number of likely N-dealkylation sites (N-methyl/N-ethyl adjacent to an activating group) is 1. The highest BCUT2D eigenvalue weighted by Gasteiger charge is 2.20. The first-order chi connectivity index (χ1) is 9.65. The summed E-state index contributed by atoms with van der Waals surface area (Å²) < 4.78 is 5.84. The number of benzene rings is 1. The average Bonchev–Trinajstić information content (AvgIpc) is 2.44. The van der Waals surface area contributed by atoms with E-state index in [0.717, 1.165) is 32.7 Å². The SMILES string of the molecule is CC(C)CC(NCC1CN(C)CCO1)c1ccccc1. The molecule has 3 heteroatoms. The monoisotopic (exact) mass is 276 g/mol. The van der Waals surface area contributed by atoms with E-state index in [4.69, 9.17) is 4.74 Å². The van der Waals surface area contributed by atoms with Gasteiger partial charge in [-0.3, -0.25) is 0 Å². The van der Waals surface area contributed by atoms with Crippen molar-refractivity contribution in [3.8, 4) is 0 Å². The van der Waals surface area contributed by atoms with Crippen LogP contribution in [0.1, 0.15) is 31.9 Å². The van der Waals surface area contributed by atoms with Gasteiger partial charge in [-0.25, -0.2) is 0 Å². The number of morpholine rings is 1. The van der Waals surface area contributed by atoms with Crippen LogP contribution in [-0.4, -0.2) is 44.3 Å². The van der Waals surface area contributed by atoms with Gasteiger partial charge in [-0.05, 0) is 24.9 Å². The van der Waals surface area contributed by atoms with Crippen LogP contribution in [0.25, 0.3) is 0 Å². The zero-order valence-electron chi connectivity index (χ0n) is 13.0. The molecule has 0 aromatic heterocycles. The van der Waals surface area contributed by atoms with Crippen LogP contribution < -0.4 is 5.32 Å². The zero-order chi connectivity index (χ0) is 14.4. The van der Waals surface area contributed by atoms with Gasteiger partial charge in [-0.1, -0.05) is 44.2 Å². The molecule has 1 aromatic carbocycles. The maximum absolute atomic E-state index is 5.84. The minimum absolute atomic E-state index is 0.312. The van der Waals surface area contributed by atoms with Crippen LogP contribution in [0.2, 0.25) is 0 Å². The van der Waals surface area contributed by atoms with E-state index in [1.165, 1.54) is 5.56 Å². The molecule has 0 spiro atoms. The lowest BCUT2D eigenvalue weighted by Crippen LogP contribution is -2.45. The number of nitrogens with one attached hydrogen (secondary N) is 1. The summed E-state index contributed by atoms with van der Waals surface area (Å²) in [6, 6.07) is 11.2. The highest BCUT2D eigenvalue weighted by molar-refractivity contribution is 5.18. The van der Waals surface area contributed by atoms with Crippen molar-refractivity contribution in [3.05, 3.63) is 35.9 Å². The summed E-state index contributed by atoms with van der Waals surface area (Å²) in [6.07, 6.45) is 1.47. The van der Waals surface area contributed by atoms with Gasteiger partial charge >= 0.3 is 0 Å². The average molecular weight is 276 g/mol. The Balaban J connectivity index is 1.91. The van der Waals surface area contributed by atoms with Crippen molar-refractivity contribution >= 4 is 0 Å². The van der Waals surface area contributed by atoms with Crippen molar-refractivity contribution in [1.29, 1.82) is 0 Å². The van der Waals surface area contributed by atoms with Gasteiger partial charge in [0.05, 0.1) is 12.7 Å². The van der Waals surface area contributed by atoms with E-state index >= 15 is 0 Å². The van der Waals surface area contributed by atoms with E-state index in [1.807, 2.05) is 0 Å². The van der Waals surface area contributed by atoms with Crippen LogP contribution in [0, 0.1) is 5.92 Å². The van der Waals surface area contributed by atoms with Gasteiger partial charge in [-0.2, -0.15) is 0 Å². The Kier molecular flexibility index (Phi) is 6.02. The number of hydrogen-bond donors (Lipinski definition) is 1. The fourth-order valence-corrected chi connectivity index (χ4v) is 2.76. The molecule has 1 heterocycles. The topological polar surface area (TPSA) is 24.5 Å². The summed E-state index contributed by atoms with van der Waals surface area (Å²) in [6.45, 7) is 8.41. The Morgan fingerprint density at radius 3 is 2.70 bits per heavy atom. The molecule has 3 nitrogen and oxygen atoms in total. The van der Waals surface area contributed by atoms with Gasteiger partial charge in [-0.15, -0.1) is 0 Å². The summed E-state index contributed by atoms with van der Waals surface area (Å²) in [5.74, 6) is 0.683. The van der Waals surface area contributed by atoms with Crippen LogP contribution in [-0.2, 0) is 4.74 Å². The smallest absolute Gasteiger partial charge is 0.0826 e. The summed E-state index contributed by atoms with van der Waals surface area (Å²) in [7, 11) is 2.16. The molecule has 1 aromatic rings. The molecule has 1 aliphatic rings. The van der Waals surface area contributed by atoms with Crippen molar-refractivity contribution in [2.24, 2.45) is 5.92 Å². The lowest BCUT2D eigenvalue weighted by atomic mass is 9.97. The molecule has 1 saturated heterocycles. The number of hydrogen-bond acceptors (Lipinski definition) is 3. The van der Waals surface area contributed by atoms with Crippen LogP contribution >= 0.6 is 0 Å². The molecule has 0 aliphatic carbocycles. The summed E-state index contributed by atoms with van der Waals surface area (Å²) in [4.78, 5) is 2.34. The van der Waals surface area contributed by atoms with Crippen molar-refractivity contribution in [2.45, 2.75) is 32.4 Å². The molecule has 0 radical (unpaired) electrons. The highest BCUT2D eigenvalue weighted by Crippen LogP contribution is 2.21. The molecule has 0 amide bonds. The first-order valence-corrected chi connectivity index (χ1v) is 7.73. The van der Waals surface area contributed by atoms with Crippen molar-refractivity contribution < 1.29 is 4.74 Å². The molecule has 0 saturated carbocycles. The predicted octanol–water partition coefficient (Wildman–Crippen LogP) is 2.69. The maximum Gasteiger partial charge on any atom is 0.0826 e. The Morgan fingerprint density at radius 2 is 2.05 bits per heavy atom. The van der Waals surface area contributed by atoms with Crippen molar-refractivity contribution in [3.63, 3.8) is 0 Å². The summed E-state index contributed by atoms with van der Waals surface area (Å²) >= 11 is 0. The Bertz CT molecular complexity index is 380. The van der Waals surface area contributed by atoms with E-state index in [-0.39, 0.29) is 0 Å². The second-order valence-corrected chi connectivity index (χ2v) is 6.26. The quantitative estimate of drug-likeness (QED) is 0.864. The Labute approximate surface area is 123 Å². The minimum atomic E-state index is 0.312. The molecule has 20 heavy (non-hydrogen) atoms. The third kappa shape index (κ3) is 4.89. The fourth-order valence-electron chi connectivity index (χ4n) is 2.76. The van der Waals surface area contributed by atoms with Gasteiger partial charge in [0.15, 0.2) is 0 Å². The zero-order valence-corrected chi connectivity index (χ0v) is 13.0. The van der Waals surface area contributed by atoms with Crippen molar-refractivity contribution in [1.82, 2.24) is 10.2 Å². The van der Waals surface area contributed by atoms with Crippen molar-refractivity contribution in [2.75, 3.05) is 33.3 Å². The van der Waals surface area contributed by atoms with E-state index in [9.17, 15) is 0 Å². The molecule has 2 unspecified atom stereocenters.